The Morgan fingerprint density at radius 1 is 1.08 bits per heavy atom. The molecule has 0 unspecified atom stereocenters. The van der Waals surface area contributed by atoms with E-state index in [4.69, 9.17) is 10.8 Å². The molecule has 2 aromatic rings. The molecule has 0 radical (unpaired) electrons. The smallest absolute Gasteiger partial charge is 0.411 e. The number of carbonyl (C=O) groups is 1. The minimum Gasteiger partial charge on any atom is -0.477 e. The fourth-order valence-corrected chi connectivity index (χ4v) is 1.77. The number of nitrogens with one attached hydrogen (secondary N) is 1. The predicted molar refractivity (Wildman–Crippen MR) is 69.9 cm³/mol. The topological polar surface area (TPSA) is 92.0 Å². The van der Waals surface area contributed by atoms with Crippen molar-refractivity contribution in [3.05, 3.63) is 36.3 Å². The van der Waals surface area contributed by atoms with Crippen LogP contribution in [0.4, 0.5) is 32.0 Å². The van der Waals surface area contributed by atoms with E-state index >= 15 is 0 Å². The fourth-order valence-electron chi connectivity index (χ4n) is 1.77. The summed E-state index contributed by atoms with van der Waals surface area (Å²) < 4.78 is 80.4. The van der Waals surface area contributed by atoms with E-state index in [9.17, 15) is 31.1 Å². The first-order valence-corrected chi connectivity index (χ1v) is 6.19. The number of aliphatic carboxylic acids is 1. The molecule has 0 saturated carbocycles. The van der Waals surface area contributed by atoms with Gasteiger partial charge in [-0.15, -0.1) is 0 Å². The van der Waals surface area contributed by atoms with Crippen LogP contribution in [0.25, 0.3) is 11.3 Å². The number of benzene rings is 1. The van der Waals surface area contributed by atoms with Crippen LogP contribution < -0.4 is 5.73 Å². The Kier molecular flexibility index (Phi) is 3.98. The van der Waals surface area contributed by atoms with Crippen LogP contribution in [-0.2, 0) is 10.7 Å². The Labute approximate surface area is 130 Å². The Hall–Kier alpha value is -2.72. The first kappa shape index (κ1) is 17.6. The third kappa shape index (κ3) is 2.55. The molecule has 130 valence electrons. The zero-order valence-electron chi connectivity index (χ0n) is 11.5. The number of carboxylic acids is 1. The maximum atomic E-state index is 13.8. The van der Waals surface area contributed by atoms with Crippen LogP contribution >= 0.6 is 0 Å². The maximum absolute atomic E-state index is 13.8. The van der Waals surface area contributed by atoms with Gasteiger partial charge in [-0.3, -0.25) is 0 Å². The summed E-state index contributed by atoms with van der Waals surface area (Å²) in [5.74, 6) is -22.9. The number of hydrogen-bond acceptors (Lipinski definition) is 3. The number of anilines is 1. The molecule has 0 saturated heterocycles. The molecular weight excluding hydrogens is 344 g/mol. The lowest BCUT2D eigenvalue weighted by atomic mass is 10.0. The summed E-state index contributed by atoms with van der Waals surface area (Å²) in [5, 5.41) is 8.09. The van der Waals surface area contributed by atoms with Gasteiger partial charge in [-0.2, -0.15) is 26.3 Å². The quantitative estimate of drug-likeness (QED) is 0.569. The number of nitrogens with zero attached hydrogens (tertiary/aromatic N) is 1. The number of nitrogens with two attached hydrogens (primary N) is 1. The van der Waals surface area contributed by atoms with Gasteiger partial charge in [0.1, 0.15) is 0 Å². The van der Waals surface area contributed by atoms with Crippen molar-refractivity contribution in [3.63, 3.8) is 0 Å². The average Bonchev–Trinajstić information content (AvgIpc) is 2.97. The second-order valence-corrected chi connectivity index (χ2v) is 4.80. The van der Waals surface area contributed by atoms with Gasteiger partial charge in [0.25, 0.3) is 0 Å². The second-order valence-electron chi connectivity index (χ2n) is 4.80. The lowest BCUT2D eigenvalue weighted by Gasteiger charge is -2.28. The number of alkyl halides is 6. The molecule has 5 nitrogen and oxygen atoms in total. The van der Waals surface area contributed by atoms with Gasteiger partial charge < -0.3 is 15.8 Å². The molecule has 1 aromatic carbocycles. The summed E-state index contributed by atoms with van der Waals surface area (Å²) >= 11 is 0. The molecule has 0 aliphatic rings. The third-order valence-electron chi connectivity index (χ3n) is 3.15. The molecule has 2 rings (SSSR count). The zero-order chi connectivity index (χ0) is 18.3. The molecule has 4 N–H and O–H groups in total. The first-order valence-electron chi connectivity index (χ1n) is 6.19. The summed E-state index contributed by atoms with van der Waals surface area (Å²) in [6.07, 6.45) is 0.726. The summed E-state index contributed by atoms with van der Waals surface area (Å²) in [7, 11) is 0. The molecule has 0 aliphatic carbocycles. The summed E-state index contributed by atoms with van der Waals surface area (Å²) in [6.45, 7) is 0. The third-order valence-corrected chi connectivity index (χ3v) is 3.15. The van der Waals surface area contributed by atoms with Crippen molar-refractivity contribution in [1.29, 1.82) is 0 Å². The second kappa shape index (κ2) is 5.42. The number of nitrogen functional groups attached to an aromatic ring is 1. The highest BCUT2D eigenvalue weighted by Gasteiger charge is 2.77. The Morgan fingerprint density at radius 3 is 2.12 bits per heavy atom. The molecule has 0 amide bonds. The lowest BCUT2D eigenvalue weighted by Crippen LogP contribution is -2.56. The normalized spacial score (nSPS) is 13.1. The molecule has 24 heavy (non-hydrogen) atoms. The highest BCUT2D eigenvalue weighted by atomic mass is 19.3. The van der Waals surface area contributed by atoms with E-state index in [0.29, 0.717) is 5.69 Å². The summed E-state index contributed by atoms with van der Waals surface area (Å²) in [6, 6.07) is 5.49. The van der Waals surface area contributed by atoms with Crippen LogP contribution in [0.2, 0.25) is 0 Å². The monoisotopic (exact) mass is 353 g/mol. The minimum absolute atomic E-state index is 0.167. The highest BCUT2D eigenvalue weighted by molar-refractivity contribution is 5.77. The molecule has 0 atom stereocenters. The summed E-state index contributed by atoms with van der Waals surface area (Å²) in [5.41, 5.74) is 5.83. The van der Waals surface area contributed by atoms with Crippen molar-refractivity contribution in [3.8, 4) is 11.3 Å². The van der Waals surface area contributed by atoms with Crippen molar-refractivity contribution in [2.75, 3.05) is 5.73 Å². The van der Waals surface area contributed by atoms with E-state index in [1.165, 1.54) is 24.3 Å². The van der Waals surface area contributed by atoms with Crippen LogP contribution in [0.3, 0.4) is 0 Å². The number of carboxylic acid groups (broad SMARTS) is 1. The van der Waals surface area contributed by atoms with E-state index < -0.39 is 29.6 Å². The van der Waals surface area contributed by atoms with E-state index in [2.05, 4.69) is 4.98 Å². The molecule has 0 bridgehead atoms. The van der Waals surface area contributed by atoms with Crippen LogP contribution in [0, 0.1) is 0 Å². The minimum atomic E-state index is -6.21. The number of aromatic nitrogens is 2. The first-order chi connectivity index (χ1) is 10.9. The Bertz CT molecular complexity index is 757. The van der Waals surface area contributed by atoms with E-state index in [-0.39, 0.29) is 11.3 Å². The maximum Gasteiger partial charge on any atom is 0.411 e. The molecule has 1 aromatic heterocycles. The molecule has 0 spiro atoms. The van der Waals surface area contributed by atoms with Crippen molar-refractivity contribution in [1.82, 2.24) is 9.97 Å². The predicted octanol–water partition coefficient (Wildman–Crippen LogP) is 3.11. The molecule has 0 fully saturated rings. The Balaban J connectivity index is 2.44. The van der Waals surface area contributed by atoms with E-state index in [1.54, 1.807) is 4.98 Å². The van der Waals surface area contributed by atoms with Crippen LogP contribution in [0.5, 0.6) is 0 Å². The van der Waals surface area contributed by atoms with E-state index in [1.807, 2.05) is 0 Å². The number of H-pyrrole nitrogens is 1. The highest BCUT2D eigenvalue weighted by Crippen LogP contribution is 2.50. The zero-order valence-corrected chi connectivity index (χ0v) is 11.5. The summed E-state index contributed by atoms with van der Waals surface area (Å²) in [4.78, 5) is 15.0. The van der Waals surface area contributed by atoms with E-state index in [0.717, 1.165) is 6.20 Å². The van der Waals surface area contributed by atoms with Crippen molar-refractivity contribution in [2.45, 2.75) is 17.8 Å². The molecule has 11 heteroatoms. The number of hydrogen-bond donors (Lipinski definition) is 3. The number of imidazole rings is 1. The molecular formula is C13H9F6N3O2. The van der Waals surface area contributed by atoms with Gasteiger partial charge in [0.2, 0.25) is 0 Å². The SMILES string of the molecule is Nc1ccc(-c2cnc(C(F)(F)C(F)(F)C(F)(F)C(=O)O)[nH]2)cc1. The fraction of sp³-hybridized carbons (Fsp3) is 0.231. The van der Waals surface area contributed by atoms with Crippen LogP contribution in [0.1, 0.15) is 5.82 Å². The Morgan fingerprint density at radius 2 is 1.62 bits per heavy atom. The molecule has 1 heterocycles. The van der Waals surface area contributed by atoms with Gasteiger partial charge in [-0.05, 0) is 17.7 Å². The van der Waals surface area contributed by atoms with Gasteiger partial charge >= 0.3 is 23.7 Å². The standard InChI is InChI=1S/C13H9F6N3O2/c14-11(15,13(18,19)12(16,17)10(23)24)9-21-5-8(22-9)6-1-3-7(20)4-2-6/h1-5H,20H2,(H,21,22)(H,23,24). The van der Waals surface area contributed by atoms with Gasteiger partial charge in [0.15, 0.2) is 5.82 Å². The van der Waals surface area contributed by atoms with Gasteiger partial charge in [0, 0.05) is 5.69 Å². The molecule has 0 aliphatic heterocycles. The number of rotatable bonds is 5. The number of aromatic amines is 1. The van der Waals surface area contributed by atoms with Gasteiger partial charge in [-0.1, -0.05) is 12.1 Å². The largest absolute Gasteiger partial charge is 0.477 e. The lowest BCUT2D eigenvalue weighted by molar-refractivity contribution is -0.311. The van der Waals surface area contributed by atoms with Gasteiger partial charge in [-0.25, -0.2) is 9.78 Å². The van der Waals surface area contributed by atoms with Crippen molar-refractivity contribution in [2.24, 2.45) is 0 Å². The van der Waals surface area contributed by atoms with Gasteiger partial charge in [0.05, 0.1) is 11.9 Å². The van der Waals surface area contributed by atoms with Crippen LogP contribution in [0.15, 0.2) is 30.5 Å². The van der Waals surface area contributed by atoms with Crippen molar-refractivity contribution < 1.29 is 36.2 Å². The van der Waals surface area contributed by atoms with Crippen molar-refractivity contribution >= 4 is 11.7 Å². The van der Waals surface area contributed by atoms with Crippen LogP contribution in [-0.4, -0.2) is 32.9 Å². The average molecular weight is 353 g/mol. The number of halogens is 6.